The minimum Gasteiger partial charge on any atom is -0.504 e. The van der Waals surface area contributed by atoms with Gasteiger partial charge in [-0.2, -0.15) is 0 Å². The molecule has 1 aliphatic rings. The van der Waals surface area contributed by atoms with Crippen molar-refractivity contribution in [2.45, 2.75) is 18.3 Å². The SMILES string of the molecule is [B]C1([B])CN(Cc2ncccn2)C(=O)c2cc(-c3ccc(OC(F)(F)F)cc3)ccc2O1. The zero-order chi connectivity index (χ0) is 22.9. The van der Waals surface area contributed by atoms with E-state index in [9.17, 15) is 18.0 Å². The topological polar surface area (TPSA) is 64.6 Å². The molecule has 0 saturated heterocycles. The van der Waals surface area contributed by atoms with E-state index in [4.69, 9.17) is 20.4 Å². The van der Waals surface area contributed by atoms with Gasteiger partial charge in [-0.15, -0.1) is 13.2 Å². The highest BCUT2D eigenvalue weighted by Crippen LogP contribution is 2.33. The van der Waals surface area contributed by atoms with E-state index in [1.165, 1.54) is 29.2 Å². The Hall–Kier alpha value is -3.49. The molecule has 1 aliphatic heterocycles. The molecule has 158 valence electrons. The van der Waals surface area contributed by atoms with E-state index in [0.29, 0.717) is 17.0 Å². The van der Waals surface area contributed by atoms with E-state index in [-0.39, 0.29) is 30.2 Å². The van der Waals surface area contributed by atoms with Crippen LogP contribution in [0.2, 0.25) is 0 Å². The number of carbonyl (C=O) groups is 1. The number of carbonyl (C=O) groups excluding carboxylic acids is 1. The third kappa shape index (κ3) is 5.04. The van der Waals surface area contributed by atoms with Gasteiger partial charge in [-0.1, -0.05) is 18.2 Å². The van der Waals surface area contributed by atoms with Crippen LogP contribution in [0.1, 0.15) is 16.2 Å². The molecule has 2 aromatic carbocycles. The summed E-state index contributed by atoms with van der Waals surface area (Å²) in [7, 11) is 12.1. The lowest BCUT2D eigenvalue weighted by atomic mass is 9.65. The molecule has 0 spiro atoms. The minimum absolute atomic E-state index is 0.0618. The number of nitrogens with zero attached hydrogens (tertiary/aromatic N) is 3. The van der Waals surface area contributed by atoms with Crippen LogP contribution in [0.25, 0.3) is 11.1 Å². The second-order valence-electron chi connectivity index (χ2n) is 7.17. The van der Waals surface area contributed by atoms with Crippen LogP contribution in [0.3, 0.4) is 0 Å². The van der Waals surface area contributed by atoms with E-state index in [1.54, 1.807) is 36.7 Å². The van der Waals surface area contributed by atoms with Crippen LogP contribution in [0.5, 0.6) is 11.5 Å². The number of fused-ring (bicyclic) bond motifs is 1. The first-order valence-corrected chi connectivity index (χ1v) is 9.42. The molecular weight excluding hydrogens is 421 g/mol. The molecule has 11 heteroatoms. The van der Waals surface area contributed by atoms with Gasteiger partial charge in [0.25, 0.3) is 5.91 Å². The summed E-state index contributed by atoms with van der Waals surface area (Å²) in [6.45, 7) is -0.0517. The molecule has 0 atom stereocenters. The number of ether oxygens (including phenoxy) is 2. The summed E-state index contributed by atoms with van der Waals surface area (Å²) in [5, 5.41) is -1.65. The summed E-state index contributed by atoms with van der Waals surface area (Å²) in [5.41, 5.74) is 1.35. The highest BCUT2D eigenvalue weighted by molar-refractivity contribution is 6.39. The molecule has 0 N–H and O–H groups in total. The molecule has 6 nitrogen and oxygen atoms in total. The number of halogens is 3. The standard InChI is InChI=1S/C21H14B2F3N3O3/c22-20(23)12-29(11-18-27-8-1-9-28-18)19(30)16-10-14(4-7-17(16)32-20)13-2-5-15(6-3-13)31-21(24,25)26/h1-10H,11-12H2. The van der Waals surface area contributed by atoms with Crippen LogP contribution >= 0.6 is 0 Å². The average molecular weight is 435 g/mol. The fourth-order valence-corrected chi connectivity index (χ4v) is 3.30. The van der Waals surface area contributed by atoms with Crippen molar-refractivity contribution in [1.82, 2.24) is 14.9 Å². The Bertz CT molecular complexity index is 1130. The number of benzene rings is 2. The second-order valence-corrected chi connectivity index (χ2v) is 7.17. The van der Waals surface area contributed by atoms with Crippen LogP contribution in [-0.4, -0.2) is 54.8 Å². The minimum atomic E-state index is -4.78. The van der Waals surface area contributed by atoms with Gasteiger partial charge in [0.15, 0.2) is 0 Å². The van der Waals surface area contributed by atoms with Crippen LogP contribution < -0.4 is 9.47 Å². The first-order valence-electron chi connectivity index (χ1n) is 9.42. The summed E-state index contributed by atoms with van der Waals surface area (Å²) in [6, 6.07) is 11.7. The Morgan fingerprint density at radius 1 is 1.06 bits per heavy atom. The lowest BCUT2D eigenvalue weighted by molar-refractivity contribution is -0.274. The normalized spacial score (nSPS) is 15.5. The van der Waals surface area contributed by atoms with E-state index in [1.807, 2.05) is 0 Å². The van der Waals surface area contributed by atoms with Crippen molar-refractivity contribution in [3.05, 3.63) is 72.3 Å². The monoisotopic (exact) mass is 435 g/mol. The maximum Gasteiger partial charge on any atom is 0.573 e. The number of amides is 1. The Balaban J connectivity index is 1.65. The maximum atomic E-state index is 13.3. The zero-order valence-corrected chi connectivity index (χ0v) is 16.5. The summed E-state index contributed by atoms with van der Waals surface area (Å²) in [6.07, 6.45) is -1.67. The average Bonchev–Trinajstić information content (AvgIpc) is 2.81. The van der Waals surface area contributed by atoms with Crippen molar-refractivity contribution in [1.29, 1.82) is 0 Å². The van der Waals surface area contributed by atoms with E-state index in [0.717, 1.165) is 0 Å². The predicted octanol–water partition coefficient (Wildman–Crippen LogP) is 3.07. The molecule has 0 unspecified atom stereocenters. The zero-order valence-electron chi connectivity index (χ0n) is 16.5. The van der Waals surface area contributed by atoms with Gasteiger partial charge in [0, 0.05) is 24.3 Å². The molecule has 4 radical (unpaired) electrons. The lowest BCUT2D eigenvalue weighted by Crippen LogP contribution is -2.48. The summed E-state index contributed by atoms with van der Waals surface area (Å²) in [4.78, 5) is 22.9. The number of aromatic nitrogens is 2. The van der Waals surface area contributed by atoms with Gasteiger partial charge < -0.3 is 14.4 Å². The van der Waals surface area contributed by atoms with Gasteiger partial charge >= 0.3 is 6.36 Å². The van der Waals surface area contributed by atoms with Crippen molar-refractivity contribution in [2.24, 2.45) is 0 Å². The predicted molar refractivity (Wildman–Crippen MR) is 110 cm³/mol. The first kappa shape index (κ1) is 21.7. The lowest BCUT2D eigenvalue weighted by Gasteiger charge is -2.30. The summed E-state index contributed by atoms with van der Waals surface area (Å²) >= 11 is 0. The third-order valence-electron chi connectivity index (χ3n) is 4.61. The smallest absolute Gasteiger partial charge is 0.504 e. The van der Waals surface area contributed by atoms with Crippen LogP contribution in [0.4, 0.5) is 13.2 Å². The fourth-order valence-electron chi connectivity index (χ4n) is 3.30. The molecule has 2 heterocycles. The summed E-state index contributed by atoms with van der Waals surface area (Å²) < 4.78 is 46.7. The van der Waals surface area contributed by atoms with Crippen LogP contribution in [-0.2, 0) is 6.54 Å². The molecule has 0 saturated carbocycles. The number of hydrogen-bond acceptors (Lipinski definition) is 5. The summed E-state index contributed by atoms with van der Waals surface area (Å²) in [5.74, 6) is -0.154. The first-order chi connectivity index (χ1) is 15.1. The number of hydrogen-bond donors (Lipinski definition) is 0. The van der Waals surface area contributed by atoms with Gasteiger partial charge in [-0.3, -0.25) is 4.79 Å². The Labute approximate surface area is 184 Å². The molecule has 0 fully saturated rings. The van der Waals surface area contributed by atoms with E-state index in [2.05, 4.69) is 14.7 Å². The molecule has 4 rings (SSSR count). The van der Waals surface area contributed by atoms with Crippen molar-refractivity contribution in [3.63, 3.8) is 0 Å². The molecular formula is C21H14B2F3N3O3. The molecule has 0 bridgehead atoms. The quantitative estimate of drug-likeness (QED) is 0.590. The van der Waals surface area contributed by atoms with E-state index >= 15 is 0 Å². The molecule has 32 heavy (non-hydrogen) atoms. The van der Waals surface area contributed by atoms with Crippen molar-refractivity contribution < 1.29 is 27.4 Å². The largest absolute Gasteiger partial charge is 0.573 e. The highest BCUT2D eigenvalue weighted by Gasteiger charge is 2.34. The molecule has 3 aromatic rings. The molecule has 1 aromatic heterocycles. The second kappa shape index (κ2) is 8.22. The number of alkyl halides is 3. The van der Waals surface area contributed by atoms with Gasteiger partial charge in [0.1, 0.15) is 33.0 Å². The maximum absolute atomic E-state index is 13.3. The number of rotatable bonds is 4. The third-order valence-corrected chi connectivity index (χ3v) is 4.61. The Morgan fingerprint density at radius 3 is 2.38 bits per heavy atom. The highest BCUT2D eigenvalue weighted by atomic mass is 19.4. The fraction of sp³-hybridized carbons (Fsp3) is 0.190. The Morgan fingerprint density at radius 2 is 1.72 bits per heavy atom. The van der Waals surface area contributed by atoms with Crippen LogP contribution in [0, 0.1) is 0 Å². The molecule has 1 amide bonds. The van der Waals surface area contributed by atoms with Crippen molar-refractivity contribution in [3.8, 4) is 22.6 Å². The Kier molecular flexibility index (Phi) is 5.58. The van der Waals surface area contributed by atoms with E-state index < -0.39 is 17.7 Å². The van der Waals surface area contributed by atoms with Gasteiger partial charge in [-0.05, 0) is 41.5 Å². The van der Waals surface area contributed by atoms with Gasteiger partial charge in [-0.25, -0.2) is 9.97 Å². The van der Waals surface area contributed by atoms with Crippen LogP contribution in [0.15, 0.2) is 60.9 Å². The molecule has 0 aliphatic carbocycles. The van der Waals surface area contributed by atoms with Crippen molar-refractivity contribution >= 4 is 21.6 Å². The van der Waals surface area contributed by atoms with Gasteiger partial charge in [0.2, 0.25) is 0 Å². The van der Waals surface area contributed by atoms with Crippen molar-refractivity contribution in [2.75, 3.05) is 6.54 Å². The van der Waals surface area contributed by atoms with Gasteiger partial charge in [0.05, 0.1) is 12.1 Å².